The second-order valence-electron chi connectivity index (χ2n) is 4.64. The van der Waals surface area contributed by atoms with Gasteiger partial charge in [-0.1, -0.05) is 10.3 Å². The molecule has 0 N–H and O–H groups in total. The summed E-state index contributed by atoms with van der Waals surface area (Å²) >= 11 is 0. The number of likely N-dealkylation sites (tertiary alicyclic amines) is 1. The van der Waals surface area contributed by atoms with E-state index in [2.05, 4.69) is 15.2 Å². The summed E-state index contributed by atoms with van der Waals surface area (Å²) in [5.41, 5.74) is 1.82. The van der Waals surface area contributed by atoms with E-state index in [4.69, 9.17) is 14.1 Å². The summed E-state index contributed by atoms with van der Waals surface area (Å²) in [6.07, 6.45) is 2.50. The highest BCUT2D eigenvalue weighted by molar-refractivity contribution is 5.04. The van der Waals surface area contributed by atoms with Crippen LogP contribution in [0.15, 0.2) is 4.63 Å². The van der Waals surface area contributed by atoms with E-state index in [0.717, 1.165) is 43.9 Å². The van der Waals surface area contributed by atoms with Crippen molar-refractivity contribution in [1.82, 2.24) is 15.2 Å². The van der Waals surface area contributed by atoms with E-state index in [1.54, 1.807) is 7.11 Å². The number of hydrogen-bond donors (Lipinski definition) is 0. The van der Waals surface area contributed by atoms with Crippen LogP contribution < -0.4 is 0 Å². The highest BCUT2D eigenvalue weighted by atomic mass is 16.6. The molecular formula is C12H21N3O3. The molecule has 18 heavy (non-hydrogen) atoms. The zero-order chi connectivity index (χ0) is 12.8. The van der Waals surface area contributed by atoms with E-state index in [0.29, 0.717) is 19.3 Å². The number of aryl methyl sites for hydroxylation is 1. The Labute approximate surface area is 107 Å². The lowest BCUT2D eigenvalue weighted by Gasteiger charge is -2.31. The van der Waals surface area contributed by atoms with Gasteiger partial charge >= 0.3 is 0 Å². The maximum atomic E-state index is 5.73. The quantitative estimate of drug-likeness (QED) is 0.707. The van der Waals surface area contributed by atoms with Crippen LogP contribution in [0.3, 0.4) is 0 Å². The summed E-state index contributed by atoms with van der Waals surface area (Å²) in [5.74, 6) is 0. The maximum Gasteiger partial charge on any atom is 0.122 e. The van der Waals surface area contributed by atoms with Crippen LogP contribution in [0, 0.1) is 6.92 Å². The highest BCUT2D eigenvalue weighted by Crippen LogP contribution is 2.16. The van der Waals surface area contributed by atoms with Gasteiger partial charge in [0.2, 0.25) is 0 Å². The topological polar surface area (TPSA) is 60.6 Å². The van der Waals surface area contributed by atoms with Crippen LogP contribution in [0.5, 0.6) is 0 Å². The van der Waals surface area contributed by atoms with E-state index >= 15 is 0 Å². The molecule has 0 radical (unpaired) electrons. The monoisotopic (exact) mass is 255 g/mol. The summed E-state index contributed by atoms with van der Waals surface area (Å²) in [6.45, 7) is 6.16. The van der Waals surface area contributed by atoms with Crippen molar-refractivity contribution in [3.63, 3.8) is 0 Å². The van der Waals surface area contributed by atoms with Crippen molar-refractivity contribution in [3.8, 4) is 0 Å². The fraction of sp³-hybridized carbons (Fsp3) is 0.833. The first-order valence-electron chi connectivity index (χ1n) is 6.40. The SMILES string of the molecule is COCCOC1CCN(Cc2nonc2C)CC1. The summed E-state index contributed by atoms with van der Waals surface area (Å²) in [5, 5.41) is 7.71. The van der Waals surface area contributed by atoms with Gasteiger partial charge in [-0.3, -0.25) is 4.90 Å². The summed E-state index contributed by atoms with van der Waals surface area (Å²) in [4.78, 5) is 2.36. The summed E-state index contributed by atoms with van der Waals surface area (Å²) in [6, 6.07) is 0. The molecule has 1 fully saturated rings. The molecular weight excluding hydrogens is 234 g/mol. The van der Waals surface area contributed by atoms with Gasteiger partial charge in [0.25, 0.3) is 0 Å². The lowest BCUT2D eigenvalue weighted by molar-refractivity contribution is -0.0160. The number of aromatic nitrogens is 2. The Kier molecular flexibility index (Phi) is 5.10. The van der Waals surface area contributed by atoms with Crippen molar-refractivity contribution in [1.29, 1.82) is 0 Å². The van der Waals surface area contributed by atoms with Crippen LogP contribution in [0.1, 0.15) is 24.2 Å². The molecule has 1 aliphatic heterocycles. The standard InChI is InChI=1S/C12H21N3O3/c1-10-12(14-18-13-10)9-15-5-3-11(4-6-15)17-8-7-16-2/h11H,3-9H2,1-2H3. The van der Waals surface area contributed by atoms with Crippen LogP contribution in [0.25, 0.3) is 0 Å². The number of hydrogen-bond acceptors (Lipinski definition) is 6. The molecule has 2 rings (SSSR count). The van der Waals surface area contributed by atoms with Gasteiger partial charge in [-0.25, -0.2) is 4.63 Å². The zero-order valence-electron chi connectivity index (χ0n) is 11.1. The minimum Gasteiger partial charge on any atom is -0.382 e. The van der Waals surface area contributed by atoms with Crippen molar-refractivity contribution in [2.75, 3.05) is 33.4 Å². The largest absolute Gasteiger partial charge is 0.382 e. The van der Waals surface area contributed by atoms with Crippen LogP contribution >= 0.6 is 0 Å². The predicted octanol–water partition coefficient (Wildman–Crippen LogP) is 1.01. The van der Waals surface area contributed by atoms with Crippen molar-refractivity contribution >= 4 is 0 Å². The Morgan fingerprint density at radius 2 is 2.06 bits per heavy atom. The van der Waals surface area contributed by atoms with Gasteiger partial charge in [0, 0.05) is 26.7 Å². The lowest BCUT2D eigenvalue weighted by atomic mass is 10.1. The molecule has 1 aromatic heterocycles. The Morgan fingerprint density at radius 1 is 1.28 bits per heavy atom. The summed E-state index contributed by atoms with van der Waals surface area (Å²) < 4.78 is 15.4. The number of rotatable bonds is 6. The highest BCUT2D eigenvalue weighted by Gasteiger charge is 2.21. The number of piperidine rings is 1. The molecule has 1 aromatic rings. The molecule has 2 heterocycles. The summed E-state index contributed by atoms with van der Waals surface area (Å²) in [7, 11) is 1.69. The number of nitrogens with zero attached hydrogens (tertiary/aromatic N) is 3. The molecule has 6 nitrogen and oxygen atoms in total. The van der Waals surface area contributed by atoms with Crippen molar-refractivity contribution in [2.24, 2.45) is 0 Å². The third-order valence-corrected chi connectivity index (χ3v) is 3.30. The Bertz CT molecular complexity index is 348. The van der Waals surface area contributed by atoms with E-state index in [9.17, 15) is 0 Å². The molecule has 0 spiro atoms. The molecule has 0 atom stereocenters. The van der Waals surface area contributed by atoms with Gasteiger partial charge in [-0.2, -0.15) is 0 Å². The van der Waals surface area contributed by atoms with Gasteiger partial charge in [0.15, 0.2) is 0 Å². The first-order chi connectivity index (χ1) is 8.79. The van der Waals surface area contributed by atoms with Crippen LogP contribution in [-0.2, 0) is 16.0 Å². The van der Waals surface area contributed by atoms with Gasteiger partial charge in [-0.15, -0.1) is 0 Å². The average molecular weight is 255 g/mol. The minimum absolute atomic E-state index is 0.368. The molecule has 102 valence electrons. The Hall–Kier alpha value is -0.980. The fourth-order valence-corrected chi connectivity index (χ4v) is 2.14. The normalized spacial score (nSPS) is 18.3. The van der Waals surface area contributed by atoms with Gasteiger partial charge in [-0.05, 0) is 19.8 Å². The van der Waals surface area contributed by atoms with Gasteiger partial charge in [0.05, 0.1) is 19.3 Å². The molecule has 6 heteroatoms. The fourth-order valence-electron chi connectivity index (χ4n) is 2.14. The smallest absolute Gasteiger partial charge is 0.122 e. The molecule has 1 aliphatic rings. The van der Waals surface area contributed by atoms with E-state index < -0.39 is 0 Å². The van der Waals surface area contributed by atoms with E-state index in [1.165, 1.54) is 0 Å². The first kappa shape index (κ1) is 13.5. The molecule has 1 saturated heterocycles. The second-order valence-corrected chi connectivity index (χ2v) is 4.64. The Balaban J connectivity index is 1.69. The minimum atomic E-state index is 0.368. The van der Waals surface area contributed by atoms with E-state index in [1.807, 2.05) is 6.92 Å². The zero-order valence-corrected chi connectivity index (χ0v) is 11.1. The van der Waals surface area contributed by atoms with E-state index in [-0.39, 0.29) is 0 Å². The third kappa shape index (κ3) is 3.76. The Morgan fingerprint density at radius 3 is 2.67 bits per heavy atom. The molecule has 0 bridgehead atoms. The number of ether oxygens (including phenoxy) is 2. The molecule has 0 unspecified atom stereocenters. The molecule has 0 amide bonds. The van der Waals surface area contributed by atoms with Crippen molar-refractivity contribution in [3.05, 3.63) is 11.4 Å². The van der Waals surface area contributed by atoms with Crippen molar-refractivity contribution < 1.29 is 14.1 Å². The van der Waals surface area contributed by atoms with Crippen LogP contribution in [0.4, 0.5) is 0 Å². The maximum absolute atomic E-state index is 5.73. The molecule has 0 aliphatic carbocycles. The first-order valence-corrected chi connectivity index (χ1v) is 6.40. The lowest BCUT2D eigenvalue weighted by Crippen LogP contribution is -2.37. The van der Waals surface area contributed by atoms with Crippen LogP contribution in [0.2, 0.25) is 0 Å². The number of methoxy groups -OCH3 is 1. The molecule has 0 aromatic carbocycles. The second kappa shape index (κ2) is 6.82. The predicted molar refractivity (Wildman–Crippen MR) is 65.2 cm³/mol. The average Bonchev–Trinajstić information content (AvgIpc) is 2.78. The van der Waals surface area contributed by atoms with Crippen LogP contribution in [-0.4, -0.2) is 54.7 Å². The van der Waals surface area contributed by atoms with Gasteiger partial charge < -0.3 is 9.47 Å². The molecule has 0 saturated carbocycles. The van der Waals surface area contributed by atoms with Gasteiger partial charge in [0.1, 0.15) is 11.4 Å². The third-order valence-electron chi connectivity index (χ3n) is 3.30. The van der Waals surface area contributed by atoms with Crippen molar-refractivity contribution in [2.45, 2.75) is 32.4 Å².